The van der Waals surface area contributed by atoms with Gasteiger partial charge in [0.2, 0.25) is 0 Å². The van der Waals surface area contributed by atoms with Gasteiger partial charge in [0.15, 0.2) is 0 Å². The van der Waals surface area contributed by atoms with Gasteiger partial charge < -0.3 is 10.5 Å². The molecule has 0 aromatic heterocycles. The van der Waals surface area contributed by atoms with Crippen LogP contribution in [0.15, 0.2) is 22.7 Å². The Kier molecular flexibility index (Phi) is 4.82. The summed E-state index contributed by atoms with van der Waals surface area (Å²) in [6, 6.07) is 6.84. The van der Waals surface area contributed by atoms with Crippen molar-refractivity contribution in [1.29, 1.82) is 5.41 Å². The Morgan fingerprint density at radius 2 is 2.26 bits per heavy atom. The maximum Gasteiger partial charge on any atom is 0.133 e. The van der Waals surface area contributed by atoms with Gasteiger partial charge in [-0.1, -0.05) is 6.07 Å². The normalized spacial score (nSPS) is 14.7. The van der Waals surface area contributed by atoms with Crippen molar-refractivity contribution in [3.63, 3.8) is 0 Å². The molecule has 1 fully saturated rings. The molecule has 19 heavy (non-hydrogen) atoms. The van der Waals surface area contributed by atoms with E-state index in [-0.39, 0.29) is 5.84 Å². The van der Waals surface area contributed by atoms with Crippen molar-refractivity contribution in [1.82, 2.24) is 4.90 Å². The van der Waals surface area contributed by atoms with Crippen molar-refractivity contribution in [2.45, 2.75) is 31.8 Å². The Bertz CT molecular complexity index is 460. The summed E-state index contributed by atoms with van der Waals surface area (Å²) in [6.07, 6.45) is 3.16. The SMILES string of the molecule is COc1ccc(CN(CCC(=N)N)C2CC2)cc1Br. The van der Waals surface area contributed by atoms with Gasteiger partial charge in [0.05, 0.1) is 17.4 Å². The molecule has 0 saturated heterocycles. The highest BCUT2D eigenvalue weighted by Crippen LogP contribution is 2.30. The minimum absolute atomic E-state index is 0.265. The van der Waals surface area contributed by atoms with Crippen LogP contribution < -0.4 is 10.5 Å². The molecule has 2 rings (SSSR count). The third kappa shape index (κ3) is 4.21. The molecule has 0 spiro atoms. The zero-order valence-corrected chi connectivity index (χ0v) is 12.7. The number of amidine groups is 1. The summed E-state index contributed by atoms with van der Waals surface area (Å²) < 4.78 is 6.22. The van der Waals surface area contributed by atoms with Crippen LogP contribution in [0.4, 0.5) is 0 Å². The maximum atomic E-state index is 7.34. The molecule has 0 aliphatic heterocycles. The summed E-state index contributed by atoms with van der Waals surface area (Å²) in [4.78, 5) is 2.41. The van der Waals surface area contributed by atoms with Crippen molar-refractivity contribution in [3.8, 4) is 5.75 Å². The quantitative estimate of drug-likeness (QED) is 0.598. The molecule has 1 aliphatic carbocycles. The minimum atomic E-state index is 0.265. The molecule has 1 saturated carbocycles. The molecule has 1 aliphatic rings. The summed E-state index contributed by atoms with van der Waals surface area (Å²) >= 11 is 3.51. The number of ether oxygens (including phenoxy) is 1. The van der Waals surface area contributed by atoms with Gasteiger partial charge in [-0.05, 0) is 46.5 Å². The standard InChI is InChI=1S/C14H20BrN3O/c1-19-13-5-2-10(8-12(13)15)9-18(11-3-4-11)7-6-14(16)17/h2,5,8,11H,3-4,6-7,9H2,1H3,(H3,16,17). The average molecular weight is 326 g/mol. The lowest BCUT2D eigenvalue weighted by molar-refractivity contribution is 0.262. The Morgan fingerprint density at radius 1 is 1.53 bits per heavy atom. The molecule has 0 amide bonds. The van der Waals surface area contributed by atoms with Crippen LogP contribution in [0.5, 0.6) is 5.75 Å². The van der Waals surface area contributed by atoms with E-state index in [4.69, 9.17) is 15.9 Å². The van der Waals surface area contributed by atoms with Crippen molar-refractivity contribution in [3.05, 3.63) is 28.2 Å². The fourth-order valence-corrected chi connectivity index (χ4v) is 2.73. The lowest BCUT2D eigenvalue weighted by Gasteiger charge is -2.22. The predicted molar refractivity (Wildman–Crippen MR) is 80.7 cm³/mol. The fraction of sp³-hybridized carbons (Fsp3) is 0.500. The number of methoxy groups -OCH3 is 1. The summed E-state index contributed by atoms with van der Waals surface area (Å²) in [7, 11) is 1.67. The highest BCUT2D eigenvalue weighted by atomic mass is 79.9. The largest absolute Gasteiger partial charge is 0.496 e. The first kappa shape index (κ1) is 14.3. The summed E-state index contributed by atoms with van der Waals surface area (Å²) in [6.45, 7) is 1.77. The number of nitrogens with zero attached hydrogens (tertiary/aromatic N) is 1. The van der Waals surface area contributed by atoms with Crippen molar-refractivity contribution in [2.75, 3.05) is 13.7 Å². The van der Waals surface area contributed by atoms with E-state index in [1.165, 1.54) is 18.4 Å². The Balaban J connectivity index is 2.00. The molecular formula is C14H20BrN3O. The highest BCUT2D eigenvalue weighted by Gasteiger charge is 2.28. The second-order valence-electron chi connectivity index (χ2n) is 4.95. The number of nitrogens with two attached hydrogens (primary N) is 1. The molecule has 3 N–H and O–H groups in total. The summed E-state index contributed by atoms with van der Waals surface area (Å²) in [5.74, 6) is 1.12. The van der Waals surface area contributed by atoms with Crippen molar-refractivity contribution >= 4 is 21.8 Å². The van der Waals surface area contributed by atoms with Crippen LogP contribution in [0.25, 0.3) is 0 Å². The summed E-state index contributed by atoms with van der Waals surface area (Å²) in [5, 5.41) is 7.34. The maximum absolute atomic E-state index is 7.34. The van der Waals surface area contributed by atoms with E-state index in [0.717, 1.165) is 23.3 Å². The van der Waals surface area contributed by atoms with E-state index >= 15 is 0 Å². The zero-order valence-electron chi connectivity index (χ0n) is 11.2. The number of halogens is 1. The summed E-state index contributed by atoms with van der Waals surface area (Å²) in [5.41, 5.74) is 6.70. The van der Waals surface area contributed by atoms with Crippen molar-refractivity contribution in [2.24, 2.45) is 5.73 Å². The smallest absolute Gasteiger partial charge is 0.133 e. The number of hydrogen-bond acceptors (Lipinski definition) is 3. The van der Waals surface area contributed by atoms with Gasteiger partial charge in [0.1, 0.15) is 5.75 Å². The topological polar surface area (TPSA) is 62.3 Å². The van der Waals surface area contributed by atoms with E-state index in [1.54, 1.807) is 7.11 Å². The second-order valence-corrected chi connectivity index (χ2v) is 5.80. The molecule has 0 heterocycles. The third-order valence-electron chi connectivity index (χ3n) is 3.33. The third-order valence-corrected chi connectivity index (χ3v) is 3.95. The molecule has 1 aromatic rings. The molecule has 5 heteroatoms. The van der Waals surface area contributed by atoms with Gasteiger partial charge in [0, 0.05) is 25.6 Å². The molecule has 0 radical (unpaired) electrons. The molecule has 0 atom stereocenters. The van der Waals surface area contributed by atoms with Crippen LogP contribution in [0.2, 0.25) is 0 Å². The number of nitrogens with one attached hydrogen (secondary N) is 1. The first-order valence-corrected chi connectivity index (χ1v) is 7.29. The van der Waals surface area contributed by atoms with Gasteiger partial charge in [0.25, 0.3) is 0 Å². The fourth-order valence-electron chi connectivity index (χ4n) is 2.14. The Hall–Kier alpha value is -1.07. The van der Waals surface area contributed by atoms with Crippen LogP contribution in [0.3, 0.4) is 0 Å². The first-order valence-electron chi connectivity index (χ1n) is 6.49. The van der Waals surface area contributed by atoms with Crippen LogP contribution in [-0.4, -0.2) is 30.4 Å². The number of benzene rings is 1. The number of hydrogen-bond donors (Lipinski definition) is 2. The van der Waals surface area contributed by atoms with E-state index in [0.29, 0.717) is 12.5 Å². The molecule has 104 valence electrons. The van der Waals surface area contributed by atoms with Crippen LogP contribution >= 0.6 is 15.9 Å². The van der Waals surface area contributed by atoms with Gasteiger partial charge in [-0.3, -0.25) is 10.3 Å². The Labute approximate surface area is 122 Å². The molecular weight excluding hydrogens is 306 g/mol. The lowest BCUT2D eigenvalue weighted by atomic mass is 10.2. The number of rotatable bonds is 7. The molecule has 0 bridgehead atoms. The second kappa shape index (κ2) is 6.39. The van der Waals surface area contributed by atoms with Crippen LogP contribution in [0, 0.1) is 5.41 Å². The van der Waals surface area contributed by atoms with E-state index in [9.17, 15) is 0 Å². The lowest BCUT2D eigenvalue weighted by Crippen LogP contribution is -2.29. The van der Waals surface area contributed by atoms with E-state index in [2.05, 4.69) is 33.0 Å². The van der Waals surface area contributed by atoms with Crippen LogP contribution in [0.1, 0.15) is 24.8 Å². The first-order chi connectivity index (χ1) is 9.10. The van der Waals surface area contributed by atoms with Gasteiger partial charge in [-0.15, -0.1) is 0 Å². The van der Waals surface area contributed by atoms with Gasteiger partial charge >= 0.3 is 0 Å². The highest BCUT2D eigenvalue weighted by molar-refractivity contribution is 9.10. The molecule has 4 nitrogen and oxygen atoms in total. The predicted octanol–water partition coefficient (Wildman–Crippen LogP) is 2.75. The molecule has 1 aromatic carbocycles. The average Bonchev–Trinajstić information content (AvgIpc) is 3.18. The van der Waals surface area contributed by atoms with Gasteiger partial charge in [-0.2, -0.15) is 0 Å². The minimum Gasteiger partial charge on any atom is -0.496 e. The molecule has 0 unspecified atom stereocenters. The Morgan fingerprint density at radius 3 is 2.79 bits per heavy atom. The zero-order chi connectivity index (χ0) is 13.8. The van der Waals surface area contributed by atoms with Crippen molar-refractivity contribution < 1.29 is 4.74 Å². The monoisotopic (exact) mass is 325 g/mol. The van der Waals surface area contributed by atoms with E-state index in [1.807, 2.05) is 6.07 Å². The van der Waals surface area contributed by atoms with E-state index < -0.39 is 0 Å². The van der Waals surface area contributed by atoms with Crippen LogP contribution in [-0.2, 0) is 6.54 Å². The van der Waals surface area contributed by atoms with Gasteiger partial charge in [-0.25, -0.2) is 0 Å².